The van der Waals surface area contributed by atoms with Gasteiger partial charge in [-0.15, -0.1) is 0 Å². The standard InChI is InChI=1S/C10H19N3O3/c1-12(2)5-6-13-4-3-9(14)11-8(7-13)10(15)16/h8H,3-7H2,1-2H3,(H,11,14)(H,15,16). The number of hydrogen-bond acceptors (Lipinski definition) is 4. The van der Waals surface area contributed by atoms with E-state index < -0.39 is 12.0 Å². The van der Waals surface area contributed by atoms with Crippen molar-refractivity contribution >= 4 is 11.9 Å². The summed E-state index contributed by atoms with van der Waals surface area (Å²) in [6, 6.07) is -0.780. The van der Waals surface area contributed by atoms with Crippen molar-refractivity contribution in [2.45, 2.75) is 12.5 Å². The first-order chi connectivity index (χ1) is 7.49. The zero-order chi connectivity index (χ0) is 12.1. The van der Waals surface area contributed by atoms with Gasteiger partial charge in [0.25, 0.3) is 0 Å². The Morgan fingerprint density at radius 1 is 1.62 bits per heavy atom. The van der Waals surface area contributed by atoms with E-state index in [1.165, 1.54) is 0 Å². The number of aliphatic carboxylic acids is 1. The van der Waals surface area contributed by atoms with E-state index in [4.69, 9.17) is 5.11 Å². The van der Waals surface area contributed by atoms with E-state index in [1.807, 2.05) is 23.9 Å². The number of nitrogens with one attached hydrogen (secondary N) is 1. The highest BCUT2D eigenvalue weighted by Crippen LogP contribution is 2.02. The SMILES string of the molecule is CN(C)CCN1CCC(=O)NC(C(=O)O)C1. The van der Waals surface area contributed by atoms with Gasteiger partial charge in [0.15, 0.2) is 0 Å². The summed E-state index contributed by atoms with van der Waals surface area (Å²) in [5.41, 5.74) is 0. The fraction of sp³-hybridized carbons (Fsp3) is 0.800. The van der Waals surface area contributed by atoms with Gasteiger partial charge in [0.1, 0.15) is 6.04 Å². The number of carbonyl (C=O) groups is 2. The Kier molecular flexibility index (Phi) is 4.70. The van der Waals surface area contributed by atoms with Crippen molar-refractivity contribution < 1.29 is 14.7 Å². The Hall–Kier alpha value is -1.14. The van der Waals surface area contributed by atoms with Gasteiger partial charge in [-0.2, -0.15) is 0 Å². The molecule has 0 aromatic heterocycles. The van der Waals surface area contributed by atoms with E-state index in [-0.39, 0.29) is 5.91 Å². The molecule has 6 nitrogen and oxygen atoms in total. The number of carbonyl (C=O) groups excluding carboxylic acids is 1. The van der Waals surface area contributed by atoms with Crippen molar-refractivity contribution in [2.75, 3.05) is 40.3 Å². The minimum absolute atomic E-state index is 0.181. The molecule has 1 rings (SSSR count). The van der Waals surface area contributed by atoms with E-state index in [0.717, 1.165) is 13.1 Å². The van der Waals surface area contributed by atoms with Crippen molar-refractivity contribution in [3.05, 3.63) is 0 Å². The van der Waals surface area contributed by atoms with Crippen molar-refractivity contribution in [2.24, 2.45) is 0 Å². The summed E-state index contributed by atoms with van der Waals surface area (Å²) in [6.45, 7) is 2.66. The second-order valence-electron chi connectivity index (χ2n) is 4.31. The van der Waals surface area contributed by atoms with Crippen LogP contribution in [0.15, 0.2) is 0 Å². The molecule has 0 aliphatic carbocycles. The second kappa shape index (κ2) is 5.81. The van der Waals surface area contributed by atoms with Crippen LogP contribution in [-0.4, -0.2) is 73.1 Å². The largest absolute Gasteiger partial charge is 0.480 e. The maximum Gasteiger partial charge on any atom is 0.327 e. The van der Waals surface area contributed by atoms with Crippen LogP contribution < -0.4 is 5.32 Å². The highest BCUT2D eigenvalue weighted by atomic mass is 16.4. The van der Waals surface area contributed by atoms with Crippen LogP contribution in [0.3, 0.4) is 0 Å². The Morgan fingerprint density at radius 3 is 2.88 bits per heavy atom. The molecule has 92 valence electrons. The minimum Gasteiger partial charge on any atom is -0.480 e. The van der Waals surface area contributed by atoms with Gasteiger partial charge in [-0.25, -0.2) is 4.79 Å². The highest BCUT2D eigenvalue weighted by molar-refractivity contribution is 5.84. The minimum atomic E-state index is -0.967. The average Bonchev–Trinajstić information content (AvgIpc) is 2.37. The lowest BCUT2D eigenvalue weighted by atomic mass is 10.3. The van der Waals surface area contributed by atoms with Crippen LogP contribution >= 0.6 is 0 Å². The number of carboxylic acids is 1. The molecule has 0 radical (unpaired) electrons. The van der Waals surface area contributed by atoms with Crippen LogP contribution in [0.2, 0.25) is 0 Å². The van der Waals surface area contributed by atoms with Gasteiger partial charge in [0, 0.05) is 32.6 Å². The first-order valence-electron chi connectivity index (χ1n) is 5.38. The van der Waals surface area contributed by atoms with E-state index in [0.29, 0.717) is 19.5 Å². The van der Waals surface area contributed by atoms with Crippen molar-refractivity contribution in [3.8, 4) is 0 Å². The number of amides is 1. The molecule has 0 aromatic carbocycles. The normalized spacial score (nSPS) is 22.9. The van der Waals surface area contributed by atoms with Gasteiger partial charge in [-0.05, 0) is 14.1 Å². The Bertz CT molecular complexity index is 268. The molecule has 1 aliphatic heterocycles. The molecule has 16 heavy (non-hydrogen) atoms. The number of nitrogens with zero attached hydrogens (tertiary/aromatic N) is 2. The summed E-state index contributed by atoms with van der Waals surface area (Å²) >= 11 is 0. The van der Waals surface area contributed by atoms with E-state index >= 15 is 0 Å². The predicted octanol–water partition coefficient (Wildman–Crippen LogP) is -1.18. The van der Waals surface area contributed by atoms with Crippen LogP contribution in [0, 0.1) is 0 Å². The van der Waals surface area contributed by atoms with Crippen LogP contribution in [0.5, 0.6) is 0 Å². The summed E-state index contributed by atoms with van der Waals surface area (Å²) < 4.78 is 0. The van der Waals surface area contributed by atoms with Crippen molar-refractivity contribution in [3.63, 3.8) is 0 Å². The first-order valence-corrected chi connectivity index (χ1v) is 5.38. The van der Waals surface area contributed by atoms with Crippen molar-refractivity contribution in [1.82, 2.24) is 15.1 Å². The number of likely N-dealkylation sites (N-methyl/N-ethyl adjacent to an activating group) is 1. The van der Waals surface area contributed by atoms with Crippen LogP contribution in [-0.2, 0) is 9.59 Å². The van der Waals surface area contributed by atoms with Gasteiger partial charge in [-0.1, -0.05) is 0 Å². The second-order valence-corrected chi connectivity index (χ2v) is 4.31. The molecule has 6 heteroatoms. The van der Waals surface area contributed by atoms with E-state index in [1.54, 1.807) is 0 Å². The highest BCUT2D eigenvalue weighted by Gasteiger charge is 2.26. The Morgan fingerprint density at radius 2 is 2.31 bits per heavy atom. The lowest BCUT2D eigenvalue weighted by Crippen LogP contribution is -2.45. The van der Waals surface area contributed by atoms with Crippen LogP contribution in [0.25, 0.3) is 0 Å². The maximum atomic E-state index is 11.3. The van der Waals surface area contributed by atoms with Gasteiger partial charge in [0.05, 0.1) is 0 Å². The molecule has 1 saturated heterocycles. The van der Waals surface area contributed by atoms with Crippen LogP contribution in [0.4, 0.5) is 0 Å². The molecule has 1 atom stereocenters. The number of hydrogen-bond donors (Lipinski definition) is 2. The zero-order valence-corrected chi connectivity index (χ0v) is 9.77. The quantitative estimate of drug-likeness (QED) is 0.635. The molecule has 1 heterocycles. The molecule has 2 N–H and O–H groups in total. The van der Waals surface area contributed by atoms with Gasteiger partial charge >= 0.3 is 5.97 Å². The molecule has 1 unspecified atom stereocenters. The van der Waals surface area contributed by atoms with Gasteiger partial charge in [-0.3, -0.25) is 9.69 Å². The smallest absolute Gasteiger partial charge is 0.327 e. The molecule has 1 amide bonds. The maximum absolute atomic E-state index is 11.3. The lowest BCUT2D eigenvalue weighted by molar-refractivity contribution is -0.141. The molecule has 1 fully saturated rings. The Labute approximate surface area is 95.2 Å². The fourth-order valence-corrected chi connectivity index (χ4v) is 1.61. The van der Waals surface area contributed by atoms with E-state index in [9.17, 15) is 9.59 Å². The summed E-state index contributed by atoms with van der Waals surface area (Å²) in [5, 5.41) is 11.4. The topological polar surface area (TPSA) is 72.9 Å². The molecule has 1 aliphatic rings. The number of carboxylic acid groups (broad SMARTS) is 1. The third kappa shape index (κ3) is 4.16. The van der Waals surface area contributed by atoms with E-state index in [2.05, 4.69) is 5.32 Å². The summed E-state index contributed by atoms with van der Waals surface area (Å²) in [7, 11) is 3.94. The molecule has 0 spiro atoms. The molecular formula is C10H19N3O3. The monoisotopic (exact) mass is 229 g/mol. The van der Waals surface area contributed by atoms with Crippen molar-refractivity contribution in [1.29, 1.82) is 0 Å². The van der Waals surface area contributed by atoms with Gasteiger partial charge < -0.3 is 15.3 Å². The predicted molar refractivity (Wildman–Crippen MR) is 59.2 cm³/mol. The molecular weight excluding hydrogens is 210 g/mol. The summed E-state index contributed by atoms with van der Waals surface area (Å²) in [5.74, 6) is -1.15. The van der Waals surface area contributed by atoms with Crippen LogP contribution in [0.1, 0.15) is 6.42 Å². The summed E-state index contributed by atoms with van der Waals surface area (Å²) in [4.78, 5) is 26.2. The number of rotatable bonds is 4. The Balaban J connectivity index is 2.51. The molecule has 0 bridgehead atoms. The van der Waals surface area contributed by atoms with Gasteiger partial charge in [0.2, 0.25) is 5.91 Å². The summed E-state index contributed by atoms with van der Waals surface area (Å²) in [6.07, 6.45) is 0.372. The zero-order valence-electron chi connectivity index (χ0n) is 9.77. The lowest BCUT2D eigenvalue weighted by Gasteiger charge is -2.23. The fourth-order valence-electron chi connectivity index (χ4n) is 1.61. The molecule has 0 saturated carbocycles. The average molecular weight is 229 g/mol. The third-order valence-electron chi connectivity index (χ3n) is 2.59. The first kappa shape index (κ1) is 12.9. The molecule has 0 aromatic rings. The third-order valence-corrected chi connectivity index (χ3v) is 2.59.